The number of ether oxygens (including phenoxy) is 2. The number of nitro benzene ring substituents is 1. The first kappa shape index (κ1) is 14.4. The van der Waals surface area contributed by atoms with Crippen molar-refractivity contribution in [2.24, 2.45) is 0 Å². The van der Waals surface area contributed by atoms with Gasteiger partial charge in [0.25, 0.3) is 5.69 Å². The summed E-state index contributed by atoms with van der Waals surface area (Å²) in [6.45, 7) is 0.569. The van der Waals surface area contributed by atoms with Crippen LogP contribution in [0.25, 0.3) is 0 Å². The fourth-order valence-corrected chi connectivity index (χ4v) is 1.84. The summed E-state index contributed by atoms with van der Waals surface area (Å²) in [7, 11) is 0. The predicted octanol–water partition coefficient (Wildman–Crippen LogP) is -2.39. The molecule has 17 heavy (non-hydrogen) atoms. The fraction of sp³-hybridized carbons (Fsp3) is 0.250. The smallest absolute Gasteiger partial charge is 0.768 e. The van der Waals surface area contributed by atoms with E-state index in [0.717, 1.165) is 12.1 Å². The minimum Gasteiger partial charge on any atom is -0.768 e. The quantitative estimate of drug-likeness (QED) is 0.256. The van der Waals surface area contributed by atoms with Gasteiger partial charge in [-0.25, -0.2) is 0 Å². The second-order valence-electron chi connectivity index (χ2n) is 2.96. The van der Waals surface area contributed by atoms with Gasteiger partial charge in [0.05, 0.1) is 11.0 Å². The third kappa shape index (κ3) is 2.96. The van der Waals surface area contributed by atoms with E-state index in [4.69, 9.17) is 9.47 Å². The molecule has 0 spiro atoms. The van der Waals surface area contributed by atoms with E-state index in [-0.39, 0.29) is 54.3 Å². The van der Waals surface area contributed by atoms with Crippen molar-refractivity contribution in [2.75, 3.05) is 13.2 Å². The maximum atomic E-state index is 10.8. The maximum Gasteiger partial charge on any atom is 1.00 e. The van der Waals surface area contributed by atoms with Crippen molar-refractivity contribution in [1.29, 1.82) is 0 Å². The van der Waals surface area contributed by atoms with Crippen molar-refractivity contribution in [1.82, 2.24) is 0 Å². The van der Waals surface area contributed by atoms with E-state index >= 15 is 0 Å². The van der Waals surface area contributed by atoms with E-state index in [9.17, 15) is 18.9 Å². The number of hydrogen-bond acceptors (Lipinski definition) is 6. The van der Waals surface area contributed by atoms with Crippen LogP contribution in [-0.2, 0) is 11.1 Å². The van der Waals surface area contributed by atoms with Crippen LogP contribution in [-0.4, -0.2) is 26.9 Å². The molecule has 9 heteroatoms. The molecule has 1 aliphatic heterocycles. The third-order valence-corrected chi connectivity index (χ3v) is 2.69. The molecule has 0 amide bonds. The number of rotatable bonds is 2. The van der Waals surface area contributed by atoms with Gasteiger partial charge in [-0.15, -0.1) is 0 Å². The number of hydrogen-bond donors (Lipinski definition) is 0. The van der Waals surface area contributed by atoms with Crippen LogP contribution in [0.15, 0.2) is 17.0 Å². The fourth-order valence-electron chi connectivity index (χ4n) is 1.34. The molecule has 86 valence electrons. The Kier molecular flexibility index (Phi) is 4.90. The first-order chi connectivity index (χ1) is 7.59. The van der Waals surface area contributed by atoms with Crippen LogP contribution >= 0.6 is 0 Å². The van der Waals surface area contributed by atoms with Gasteiger partial charge in [0.1, 0.15) is 18.1 Å². The van der Waals surface area contributed by atoms with Crippen molar-refractivity contribution >= 4 is 16.8 Å². The Hall–Kier alpha value is -0.670. The molecule has 0 N–H and O–H groups in total. The second-order valence-corrected chi connectivity index (χ2v) is 3.86. The summed E-state index contributed by atoms with van der Waals surface area (Å²) in [5, 5.41) is 10.6. The molecular weight excluding hydrogens is 261 g/mol. The van der Waals surface area contributed by atoms with Gasteiger partial charge in [-0.05, 0) is 11.1 Å². The van der Waals surface area contributed by atoms with Gasteiger partial charge < -0.3 is 14.0 Å². The molecule has 1 aromatic rings. The van der Waals surface area contributed by atoms with E-state index in [1.807, 2.05) is 0 Å². The van der Waals surface area contributed by atoms with Crippen LogP contribution in [0.3, 0.4) is 0 Å². The first-order valence-electron chi connectivity index (χ1n) is 4.27. The van der Waals surface area contributed by atoms with Gasteiger partial charge in [-0.3, -0.25) is 14.3 Å². The minimum atomic E-state index is -2.69. The first-order valence-corrected chi connectivity index (χ1v) is 5.34. The molecule has 0 saturated heterocycles. The van der Waals surface area contributed by atoms with Crippen LogP contribution in [0.2, 0.25) is 0 Å². The summed E-state index contributed by atoms with van der Waals surface area (Å²) in [4.78, 5) is 9.47. The topological polar surface area (TPSA) is 102 Å². The third-order valence-electron chi connectivity index (χ3n) is 2.00. The van der Waals surface area contributed by atoms with Crippen LogP contribution < -0.4 is 39.0 Å². The minimum absolute atomic E-state index is 0. The van der Waals surface area contributed by atoms with Crippen LogP contribution in [0, 0.1) is 10.1 Å². The second kappa shape index (κ2) is 5.78. The number of nitrogens with zero attached hydrogens (tertiary/aromatic N) is 1. The SMILES string of the molecule is O=[N+]([O-])c1cc2c(cc1S(=O)[O-])OCCO2.[Na+]. The van der Waals surface area contributed by atoms with Gasteiger partial charge in [0.2, 0.25) is 0 Å². The van der Waals surface area contributed by atoms with E-state index < -0.39 is 26.6 Å². The monoisotopic (exact) mass is 267 g/mol. The van der Waals surface area contributed by atoms with Crippen LogP contribution in [0.5, 0.6) is 11.5 Å². The average Bonchev–Trinajstić information content (AvgIpc) is 2.27. The molecule has 1 aliphatic rings. The van der Waals surface area contributed by atoms with E-state index in [1.165, 1.54) is 0 Å². The number of nitro groups is 1. The van der Waals surface area contributed by atoms with Crippen molar-refractivity contribution in [3.05, 3.63) is 22.2 Å². The average molecular weight is 267 g/mol. The molecule has 1 heterocycles. The van der Waals surface area contributed by atoms with Crippen molar-refractivity contribution in [3.63, 3.8) is 0 Å². The largest absolute Gasteiger partial charge is 1.00 e. The van der Waals surface area contributed by atoms with Gasteiger partial charge >= 0.3 is 29.6 Å². The molecule has 0 aromatic heterocycles. The molecule has 0 bridgehead atoms. The van der Waals surface area contributed by atoms with E-state index in [0.29, 0.717) is 0 Å². The van der Waals surface area contributed by atoms with E-state index in [2.05, 4.69) is 0 Å². The van der Waals surface area contributed by atoms with Gasteiger partial charge in [-0.2, -0.15) is 0 Å². The molecular formula is C8H6NNaO6S. The van der Waals surface area contributed by atoms with Gasteiger partial charge in [-0.1, -0.05) is 0 Å². The predicted molar refractivity (Wildman–Crippen MR) is 51.3 cm³/mol. The molecule has 7 nitrogen and oxygen atoms in total. The standard InChI is InChI=1S/C8H7NO6S.Na/c10-9(11)5-3-6-7(15-2-1-14-6)4-8(5)16(12)13;/h3-4H,1-2H2,(H,12,13);/q;+1/p-1. The molecule has 0 radical (unpaired) electrons. The van der Waals surface area contributed by atoms with Crippen molar-refractivity contribution in [2.45, 2.75) is 4.90 Å². The molecule has 0 saturated carbocycles. The van der Waals surface area contributed by atoms with Crippen molar-refractivity contribution in [3.8, 4) is 11.5 Å². The summed E-state index contributed by atoms with van der Waals surface area (Å²) < 4.78 is 31.9. The van der Waals surface area contributed by atoms with Crippen LogP contribution in [0.4, 0.5) is 5.69 Å². The molecule has 2 rings (SSSR count). The Morgan fingerprint density at radius 1 is 1.24 bits per heavy atom. The summed E-state index contributed by atoms with van der Waals surface area (Å²) in [6.07, 6.45) is 0. The van der Waals surface area contributed by atoms with Crippen LogP contribution in [0.1, 0.15) is 0 Å². The summed E-state index contributed by atoms with van der Waals surface area (Å²) in [5.74, 6) is 0.392. The number of benzene rings is 1. The molecule has 0 aliphatic carbocycles. The van der Waals surface area contributed by atoms with E-state index in [1.54, 1.807) is 0 Å². The van der Waals surface area contributed by atoms with Gasteiger partial charge in [0.15, 0.2) is 11.5 Å². The Balaban J connectivity index is 0.00000144. The maximum absolute atomic E-state index is 10.8. The zero-order valence-corrected chi connectivity index (χ0v) is 11.7. The summed E-state index contributed by atoms with van der Waals surface area (Å²) in [6, 6.07) is 2.15. The normalized spacial score (nSPS) is 14.6. The molecule has 1 aromatic carbocycles. The summed E-state index contributed by atoms with van der Waals surface area (Å²) >= 11 is -2.69. The summed E-state index contributed by atoms with van der Waals surface area (Å²) in [5.41, 5.74) is -0.516. The Labute approximate surface area is 121 Å². The Morgan fingerprint density at radius 3 is 2.24 bits per heavy atom. The zero-order chi connectivity index (χ0) is 11.7. The molecule has 0 fully saturated rings. The van der Waals surface area contributed by atoms with Gasteiger partial charge in [0, 0.05) is 6.07 Å². The molecule has 1 atom stereocenters. The Bertz CT molecular complexity index is 436. The number of fused-ring (bicyclic) bond motifs is 1. The van der Waals surface area contributed by atoms with Crippen molar-refractivity contribution < 1.29 is 52.7 Å². The molecule has 1 unspecified atom stereocenters. The zero-order valence-electron chi connectivity index (χ0n) is 8.87. The Morgan fingerprint density at radius 2 is 1.76 bits per heavy atom.